The van der Waals surface area contributed by atoms with E-state index in [1.165, 1.54) is 10.9 Å². The Kier molecular flexibility index (Phi) is 2.73. The predicted octanol–water partition coefficient (Wildman–Crippen LogP) is -1.66. The number of anilines is 1. The van der Waals surface area contributed by atoms with Crippen molar-refractivity contribution in [1.82, 2.24) is 19.5 Å². The van der Waals surface area contributed by atoms with Crippen molar-refractivity contribution in [2.24, 2.45) is 0 Å². The molecule has 0 unspecified atom stereocenters. The van der Waals surface area contributed by atoms with Gasteiger partial charge in [0.15, 0.2) is 11.5 Å². The van der Waals surface area contributed by atoms with Crippen molar-refractivity contribution in [2.45, 2.75) is 24.9 Å². The first kappa shape index (κ1) is 12.1. The maximum Gasteiger partial charge on any atom is 0.329 e. The molecule has 0 aliphatic carbocycles. The molecule has 19 heavy (non-hydrogen) atoms. The Bertz CT molecular complexity index is 665. The summed E-state index contributed by atoms with van der Waals surface area (Å²) in [6, 6.07) is 0. The highest BCUT2D eigenvalue weighted by Crippen LogP contribution is 2.29. The van der Waals surface area contributed by atoms with Crippen molar-refractivity contribution in [1.29, 1.82) is 0 Å². The summed E-state index contributed by atoms with van der Waals surface area (Å²) in [5.74, 6) is 0.165. The van der Waals surface area contributed by atoms with Crippen LogP contribution in [0.15, 0.2) is 11.1 Å². The summed E-state index contributed by atoms with van der Waals surface area (Å²) in [6.07, 6.45) is -0.784. The molecule has 3 rings (SSSR count). The summed E-state index contributed by atoms with van der Waals surface area (Å²) in [7, 11) is 0. The van der Waals surface area contributed by atoms with E-state index in [-0.39, 0.29) is 18.8 Å². The molecule has 1 fully saturated rings. The zero-order valence-electron chi connectivity index (χ0n) is 9.85. The maximum absolute atomic E-state index is 11.9. The number of H-pyrrole nitrogens is 1. The highest BCUT2D eigenvalue weighted by atomic mass is 16.5. The lowest BCUT2D eigenvalue weighted by Crippen LogP contribution is -2.25. The largest absolute Gasteiger partial charge is 0.394 e. The molecule has 102 valence electrons. The number of aromatic nitrogens is 4. The van der Waals surface area contributed by atoms with Gasteiger partial charge in [-0.25, -0.2) is 19.3 Å². The third kappa shape index (κ3) is 1.79. The van der Waals surface area contributed by atoms with Gasteiger partial charge >= 0.3 is 5.69 Å². The quantitative estimate of drug-likeness (QED) is 0.510. The van der Waals surface area contributed by atoms with Crippen LogP contribution in [0.4, 0.5) is 5.82 Å². The molecule has 5 N–H and O–H groups in total. The number of fused-ring (bicyclic) bond motifs is 1. The molecule has 1 saturated heterocycles. The second-order valence-corrected chi connectivity index (χ2v) is 4.37. The van der Waals surface area contributed by atoms with E-state index in [1.54, 1.807) is 0 Å². The molecule has 0 bridgehead atoms. The number of nitrogens with one attached hydrogen (secondary N) is 1. The van der Waals surface area contributed by atoms with Gasteiger partial charge in [0.2, 0.25) is 0 Å². The first-order valence-corrected chi connectivity index (χ1v) is 5.77. The van der Waals surface area contributed by atoms with Gasteiger partial charge in [-0.05, 0) is 0 Å². The number of hydrogen-bond acceptors (Lipinski definition) is 7. The van der Waals surface area contributed by atoms with Crippen LogP contribution in [0.5, 0.6) is 0 Å². The fraction of sp³-hybridized carbons (Fsp3) is 0.500. The molecule has 0 radical (unpaired) electrons. The third-order valence-electron chi connectivity index (χ3n) is 3.21. The van der Waals surface area contributed by atoms with Crippen LogP contribution >= 0.6 is 0 Å². The van der Waals surface area contributed by atoms with Crippen LogP contribution in [-0.4, -0.2) is 48.5 Å². The zero-order chi connectivity index (χ0) is 13.6. The lowest BCUT2D eigenvalue weighted by Gasteiger charge is -2.12. The van der Waals surface area contributed by atoms with E-state index < -0.39 is 24.1 Å². The Morgan fingerprint density at radius 1 is 1.58 bits per heavy atom. The minimum absolute atomic E-state index is 0.165. The smallest absolute Gasteiger partial charge is 0.329 e. The molecule has 3 atom stereocenters. The summed E-state index contributed by atoms with van der Waals surface area (Å²) in [4.78, 5) is 22.3. The van der Waals surface area contributed by atoms with Gasteiger partial charge in [0.25, 0.3) is 0 Å². The summed E-state index contributed by atoms with van der Waals surface area (Å²) >= 11 is 0. The van der Waals surface area contributed by atoms with Gasteiger partial charge in [-0.1, -0.05) is 0 Å². The molecule has 1 aliphatic rings. The number of imidazole rings is 1. The van der Waals surface area contributed by atoms with Crippen molar-refractivity contribution in [3.8, 4) is 0 Å². The molecule has 1 aliphatic heterocycles. The van der Waals surface area contributed by atoms with Crippen LogP contribution in [-0.2, 0) is 4.74 Å². The molecule has 2 aromatic rings. The van der Waals surface area contributed by atoms with E-state index in [1.807, 2.05) is 0 Å². The molecule has 9 nitrogen and oxygen atoms in total. The summed E-state index contributed by atoms with van der Waals surface area (Å²) < 4.78 is 6.71. The fourth-order valence-electron chi connectivity index (χ4n) is 2.26. The van der Waals surface area contributed by atoms with Crippen molar-refractivity contribution >= 4 is 17.0 Å². The molecule has 9 heteroatoms. The molecule has 0 amide bonds. The number of nitrogens with zero attached hydrogens (tertiary/aromatic N) is 3. The van der Waals surface area contributed by atoms with Crippen LogP contribution in [0.2, 0.25) is 0 Å². The Hall–Kier alpha value is -1.97. The van der Waals surface area contributed by atoms with Crippen LogP contribution in [0.25, 0.3) is 11.2 Å². The van der Waals surface area contributed by atoms with Gasteiger partial charge in [-0.3, -0.25) is 0 Å². The van der Waals surface area contributed by atoms with Crippen molar-refractivity contribution in [3.05, 3.63) is 16.8 Å². The minimum atomic E-state index is -0.828. The number of aliphatic hydroxyl groups is 2. The van der Waals surface area contributed by atoms with Crippen LogP contribution in [0, 0.1) is 0 Å². The Morgan fingerprint density at radius 2 is 2.37 bits per heavy atom. The van der Waals surface area contributed by atoms with Gasteiger partial charge in [-0.2, -0.15) is 0 Å². The normalized spacial score (nSPS) is 27.2. The Balaban J connectivity index is 2.09. The maximum atomic E-state index is 11.9. The summed E-state index contributed by atoms with van der Waals surface area (Å²) in [5.41, 5.74) is 5.85. The summed E-state index contributed by atoms with van der Waals surface area (Å²) in [5, 5.41) is 18.8. The standard InChI is InChI=1S/C10H13N5O4/c11-8-7-9(13-3-12-8)15(10(18)14-7)6-1-4(17)5(2-16)19-6/h3-6,16-17H,1-2H2,(H,14,18)(H2,11,12,13)/t4-,5+,6+/m1/s1. The molecular formula is C10H13N5O4. The fourth-order valence-corrected chi connectivity index (χ4v) is 2.26. The average molecular weight is 267 g/mol. The Labute approximate surface area is 106 Å². The van der Waals surface area contributed by atoms with Crippen LogP contribution < -0.4 is 11.4 Å². The SMILES string of the molecule is Nc1ncnc2c1[nH]c(=O)n2[C@@H]1C[C@@H](O)[C@H](CO)O1. The van der Waals surface area contributed by atoms with Crippen molar-refractivity contribution in [3.63, 3.8) is 0 Å². The molecular weight excluding hydrogens is 254 g/mol. The van der Waals surface area contributed by atoms with Crippen molar-refractivity contribution < 1.29 is 14.9 Å². The van der Waals surface area contributed by atoms with Gasteiger partial charge in [0.05, 0.1) is 12.7 Å². The summed E-state index contributed by atoms with van der Waals surface area (Å²) in [6.45, 7) is -0.314. The van der Waals surface area contributed by atoms with Gasteiger partial charge in [0.1, 0.15) is 24.2 Å². The second-order valence-electron chi connectivity index (χ2n) is 4.37. The van der Waals surface area contributed by atoms with E-state index >= 15 is 0 Å². The highest BCUT2D eigenvalue weighted by Gasteiger charge is 2.36. The second kappa shape index (κ2) is 4.30. The van der Waals surface area contributed by atoms with Crippen molar-refractivity contribution in [2.75, 3.05) is 12.3 Å². The first-order valence-electron chi connectivity index (χ1n) is 5.77. The van der Waals surface area contributed by atoms with Gasteiger partial charge in [0, 0.05) is 6.42 Å². The van der Waals surface area contributed by atoms with Gasteiger partial charge in [-0.15, -0.1) is 0 Å². The van der Waals surface area contributed by atoms with E-state index in [0.717, 1.165) is 0 Å². The monoisotopic (exact) mass is 267 g/mol. The number of nitrogen functional groups attached to an aromatic ring is 1. The van der Waals surface area contributed by atoms with Crippen LogP contribution in [0.3, 0.4) is 0 Å². The van der Waals surface area contributed by atoms with E-state index in [2.05, 4.69) is 15.0 Å². The number of hydrogen-bond donors (Lipinski definition) is 4. The lowest BCUT2D eigenvalue weighted by molar-refractivity contribution is -0.0441. The predicted molar refractivity (Wildman–Crippen MR) is 64.2 cm³/mol. The molecule has 0 aromatic carbocycles. The lowest BCUT2D eigenvalue weighted by atomic mass is 10.2. The number of aliphatic hydroxyl groups excluding tert-OH is 2. The van der Waals surface area contributed by atoms with E-state index in [0.29, 0.717) is 11.2 Å². The highest BCUT2D eigenvalue weighted by molar-refractivity contribution is 5.81. The molecule has 0 spiro atoms. The molecule has 0 saturated carbocycles. The topological polar surface area (TPSA) is 139 Å². The number of aromatic amines is 1. The number of nitrogens with two attached hydrogens (primary N) is 1. The molecule has 3 heterocycles. The Morgan fingerprint density at radius 3 is 3.05 bits per heavy atom. The van der Waals surface area contributed by atoms with Crippen LogP contribution in [0.1, 0.15) is 12.6 Å². The average Bonchev–Trinajstić information content (AvgIpc) is 2.90. The van der Waals surface area contributed by atoms with E-state index in [9.17, 15) is 9.90 Å². The van der Waals surface area contributed by atoms with Gasteiger partial charge < -0.3 is 25.7 Å². The first-order chi connectivity index (χ1) is 9.11. The number of rotatable bonds is 2. The third-order valence-corrected chi connectivity index (χ3v) is 3.21. The minimum Gasteiger partial charge on any atom is -0.394 e. The van der Waals surface area contributed by atoms with E-state index in [4.69, 9.17) is 15.6 Å². The molecule has 2 aromatic heterocycles. The zero-order valence-corrected chi connectivity index (χ0v) is 9.85. The number of ether oxygens (including phenoxy) is 1.